The summed E-state index contributed by atoms with van der Waals surface area (Å²) in [5.41, 5.74) is 0. The predicted molar refractivity (Wildman–Crippen MR) is 100 cm³/mol. The van der Waals surface area contributed by atoms with Crippen molar-refractivity contribution in [2.45, 2.75) is 6.42 Å². The third-order valence-corrected chi connectivity index (χ3v) is 8.58. The van der Waals surface area contributed by atoms with E-state index < -0.39 is 7.26 Å². The number of hydrogen-bond acceptors (Lipinski definition) is 1. The van der Waals surface area contributed by atoms with Crippen LogP contribution in [0, 0.1) is 11.3 Å². The Morgan fingerprint density at radius 2 is 0.957 bits per heavy atom. The van der Waals surface area contributed by atoms with Crippen LogP contribution in [0.3, 0.4) is 0 Å². The first-order valence-electron chi connectivity index (χ1n) is 7.80. The summed E-state index contributed by atoms with van der Waals surface area (Å²) < 4.78 is 0. The van der Waals surface area contributed by atoms with Crippen molar-refractivity contribution in [1.29, 1.82) is 5.26 Å². The monoisotopic (exact) mass is 315 g/mol. The first-order chi connectivity index (χ1) is 11.4. The fourth-order valence-corrected chi connectivity index (χ4v) is 7.25. The van der Waals surface area contributed by atoms with Crippen LogP contribution in [0.1, 0.15) is 6.42 Å². The Hall–Kier alpha value is -2.42. The van der Waals surface area contributed by atoms with Crippen molar-refractivity contribution in [2.24, 2.45) is 0 Å². The number of nitrogens with zero attached hydrogens (tertiary/aromatic N) is 1. The Morgan fingerprint density at radius 3 is 1.26 bits per heavy atom. The average molecular weight is 315 g/mol. The zero-order valence-electron chi connectivity index (χ0n) is 13.0. The standard InChI is InChI=1S/C21H19NP/c22-17-10-18-23(19-11-4-1-5-12-19,20-13-6-2-7-14-20)21-15-8-3-9-16-21/h1-9,11-16H,10,18H2/q+1/i17-1. The third-order valence-electron chi connectivity index (χ3n) is 4.15. The molecule has 0 saturated heterocycles. The highest BCUT2D eigenvalue weighted by atomic mass is 31.2. The van der Waals surface area contributed by atoms with Gasteiger partial charge in [-0.3, -0.25) is 0 Å². The van der Waals surface area contributed by atoms with Gasteiger partial charge in [-0.2, -0.15) is 5.26 Å². The summed E-state index contributed by atoms with van der Waals surface area (Å²) >= 11 is 0. The van der Waals surface area contributed by atoms with Crippen molar-refractivity contribution in [3.63, 3.8) is 0 Å². The molecule has 0 radical (unpaired) electrons. The van der Waals surface area contributed by atoms with E-state index in [0.29, 0.717) is 6.42 Å². The van der Waals surface area contributed by atoms with Crippen molar-refractivity contribution in [2.75, 3.05) is 6.16 Å². The molecule has 0 heterocycles. The molecule has 3 aromatic rings. The lowest BCUT2D eigenvalue weighted by molar-refractivity contribution is 1.23. The van der Waals surface area contributed by atoms with Crippen LogP contribution in [0.4, 0.5) is 0 Å². The summed E-state index contributed by atoms with van der Waals surface area (Å²) in [7, 11) is -1.79. The largest absolute Gasteiger partial charge is 0.198 e. The predicted octanol–water partition coefficient (Wildman–Crippen LogP) is 3.89. The van der Waals surface area contributed by atoms with Gasteiger partial charge in [0.25, 0.3) is 0 Å². The van der Waals surface area contributed by atoms with Crippen LogP contribution in [0.2, 0.25) is 0 Å². The SMILES string of the molecule is N#[11C]CC[P+](c1ccccc1)(c1ccccc1)c1ccccc1. The molecule has 2 heteroatoms. The van der Waals surface area contributed by atoms with Crippen molar-refractivity contribution in [3.05, 3.63) is 91.0 Å². The van der Waals surface area contributed by atoms with Crippen molar-refractivity contribution in [1.82, 2.24) is 0 Å². The number of hydrogen-bond donors (Lipinski definition) is 0. The molecular formula is C21H19NP+. The van der Waals surface area contributed by atoms with Crippen LogP contribution in [0.25, 0.3) is 0 Å². The Balaban J connectivity index is 2.28. The highest BCUT2D eigenvalue weighted by Gasteiger charge is 2.44. The number of nitriles is 1. The maximum Gasteiger partial charge on any atom is 0.113 e. The molecule has 0 aliphatic rings. The zero-order chi connectivity index (χ0) is 16.0. The van der Waals surface area contributed by atoms with E-state index in [4.69, 9.17) is 0 Å². The zero-order valence-corrected chi connectivity index (χ0v) is 13.9. The summed E-state index contributed by atoms with van der Waals surface area (Å²) in [5.74, 6) is 0. The van der Waals surface area contributed by atoms with E-state index in [1.54, 1.807) is 0 Å². The van der Waals surface area contributed by atoms with Crippen LogP contribution in [-0.2, 0) is 0 Å². The minimum Gasteiger partial charge on any atom is -0.198 e. The molecule has 0 spiro atoms. The summed E-state index contributed by atoms with van der Waals surface area (Å²) in [6, 6.07) is 34.4. The van der Waals surface area contributed by atoms with Crippen LogP contribution in [0.5, 0.6) is 0 Å². The molecule has 23 heavy (non-hydrogen) atoms. The van der Waals surface area contributed by atoms with Crippen LogP contribution in [-0.4, -0.2) is 6.16 Å². The van der Waals surface area contributed by atoms with Crippen molar-refractivity contribution in [3.8, 4) is 6.07 Å². The Bertz CT molecular complexity index is 680. The van der Waals surface area contributed by atoms with Gasteiger partial charge in [0.05, 0.1) is 18.7 Å². The van der Waals surface area contributed by atoms with Gasteiger partial charge in [-0.1, -0.05) is 54.6 Å². The molecule has 1 nitrogen and oxygen atoms in total. The second kappa shape index (κ2) is 7.23. The van der Waals surface area contributed by atoms with E-state index in [1.807, 2.05) is 0 Å². The van der Waals surface area contributed by atoms with Crippen molar-refractivity contribution >= 4 is 23.2 Å². The summed E-state index contributed by atoms with van der Waals surface area (Å²) in [4.78, 5) is 0. The minimum absolute atomic E-state index is 0.562. The summed E-state index contributed by atoms with van der Waals surface area (Å²) in [6.07, 6.45) is 1.44. The lowest BCUT2D eigenvalue weighted by atomic mass is 10.2. The molecule has 0 saturated carbocycles. The third kappa shape index (κ3) is 3.04. The molecule has 0 amide bonds. The number of rotatable bonds is 5. The molecule has 0 aliphatic carbocycles. The molecule has 3 rings (SSSR count). The first-order valence-corrected chi connectivity index (χ1v) is 9.77. The average Bonchev–Trinajstić information content (AvgIpc) is 2.65. The van der Waals surface area contributed by atoms with Gasteiger partial charge in [0.15, 0.2) is 0 Å². The molecular weight excluding hydrogens is 296 g/mol. The fraction of sp³-hybridized carbons (Fsp3) is 0.0952. The quantitative estimate of drug-likeness (QED) is 0.655. The molecule has 0 bridgehead atoms. The lowest BCUT2D eigenvalue weighted by Gasteiger charge is -2.26. The molecule has 0 aliphatic heterocycles. The maximum absolute atomic E-state index is 9.24. The van der Waals surface area contributed by atoms with E-state index in [1.165, 1.54) is 15.9 Å². The first kappa shape index (κ1) is 15.5. The molecule has 0 aromatic heterocycles. The van der Waals surface area contributed by atoms with Gasteiger partial charge >= 0.3 is 0 Å². The Kier molecular flexibility index (Phi) is 4.86. The van der Waals surface area contributed by atoms with E-state index in [2.05, 4.69) is 97.1 Å². The highest BCUT2D eigenvalue weighted by molar-refractivity contribution is 7.95. The van der Waals surface area contributed by atoms with Gasteiger partial charge in [-0.15, -0.1) is 0 Å². The van der Waals surface area contributed by atoms with Crippen molar-refractivity contribution < 1.29 is 0 Å². The molecule has 3 aromatic carbocycles. The normalized spacial score (nSPS) is 10.9. The second-order valence-corrected chi connectivity index (χ2v) is 9.06. The van der Waals surface area contributed by atoms with Gasteiger partial charge < -0.3 is 0 Å². The minimum atomic E-state index is -1.79. The van der Waals surface area contributed by atoms with Gasteiger partial charge in [0.2, 0.25) is 0 Å². The van der Waals surface area contributed by atoms with Gasteiger partial charge in [-0.05, 0) is 36.4 Å². The van der Waals surface area contributed by atoms with Crippen LogP contribution in [0.15, 0.2) is 91.0 Å². The molecule has 112 valence electrons. The molecule has 0 fully saturated rings. The van der Waals surface area contributed by atoms with Gasteiger partial charge in [-0.25, -0.2) is 0 Å². The maximum atomic E-state index is 9.24. The fourth-order valence-electron chi connectivity index (χ4n) is 3.10. The second-order valence-electron chi connectivity index (χ2n) is 5.45. The highest BCUT2D eigenvalue weighted by Crippen LogP contribution is 2.55. The Labute approximate surface area is 138 Å². The van der Waals surface area contributed by atoms with Crippen LogP contribution < -0.4 is 15.9 Å². The summed E-state index contributed by atoms with van der Waals surface area (Å²) in [6.45, 7) is 0. The van der Waals surface area contributed by atoms with E-state index >= 15 is 0 Å². The lowest BCUT2D eigenvalue weighted by Crippen LogP contribution is -2.33. The molecule has 0 atom stereocenters. The smallest absolute Gasteiger partial charge is 0.113 e. The van der Waals surface area contributed by atoms with Crippen LogP contribution >= 0.6 is 7.26 Å². The van der Waals surface area contributed by atoms with Gasteiger partial charge in [0, 0.05) is 0 Å². The molecule has 0 N–H and O–H groups in total. The van der Waals surface area contributed by atoms with Gasteiger partial charge in [0.1, 0.15) is 23.2 Å². The van der Waals surface area contributed by atoms with E-state index in [0.717, 1.165) is 6.16 Å². The Morgan fingerprint density at radius 1 is 0.609 bits per heavy atom. The summed E-state index contributed by atoms with van der Waals surface area (Å²) in [5, 5.41) is 13.3. The van der Waals surface area contributed by atoms with E-state index in [-0.39, 0.29) is 0 Å². The number of benzene rings is 3. The topological polar surface area (TPSA) is 23.8 Å². The van der Waals surface area contributed by atoms with E-state index in [9.17, 15) is 5.26 Å². The molecule has 0 unspecified atom stereocenters.